The number of phenols is 2. The minimum Gasteiger partial charge on any atom is -0.506 e. The van der Waals surface area contributed by atoms with E-state index in [0.29, 0.717) is 0 Å². The van der Waals surface area contributed by atoms with Gasteiger partial charge in [-0.05, 0) is 50.3 Å². The molecule has 0 spiro atoms. The molecular weight excluding hydrogens is 460 g/mol. The van der Waals surface area contributed by atoms with Crippen molar-refractivity contribution in [2.75, 3.05) is 0 Å². The molecule has 0 aromatic heterocycles. The van der Waals surface area contributed by atoms with E-state index in [9.17, 15) is 34.8 Å². The summed E-state index contributed by atoms with van der Waals surface area (Å²) in [6.45, 7) is 3.65. The lowest BCUT2D eigenvalue weighted by molar-refractivity contribution is 0.0529. The van der Waals surface area contributed by atoms with Crippen molar-refractivity contribution in [3.05, 3.63) is 106 Å². The number of para-hydroxylation sites is 2. The van der Waals surface area contributed by atoms with Crippen LogP contribution in [0.3, 0.4) is 0 Å². The molecule has 0 fully saturated rings. The second-order valence-electron chi connectivity index (χ2n) is 9.21. The van der Waals surface area contributed by atoms with Crippen molar-refractivity contribution in [1.29, 1.82) is 0 Å². The number of phenolic OH excluding ortho intramolecular Hbond substituents is 2. The third-order valence-corrected chi connectivity index (χ3v) is 6.55. The molecule has 2 aliphatic rings. The summed E-state index contributed by atoms with van der Waals surface area (Å²) in [5, 5.41) is 43.3. The number of rotatable bonds is 6. The summed E-state index contributed by atoms with van der Waals surface area (Å²) in [5.41, 5.74) is -3.06. The van der Waals surface area contributed by atoms with E-state index >= 15 is 0 Å². The summed E-state index contributed by atoms with van der Waals surface area (Å²) in [4.78, 5) is 39.5. The molecule has 4 rings (SSSR count). The zero-order chi connectivity index (χ0) is 26.3. The number of carbonyl (C=O) groups excluding carboxylic acids is 3. The average Bonchev–Trinajstić information content (AvgIpc) is 2.87. The van der Waals surface area contributed by atoms with Gasteiger partial charge in [0, 0.05) is 12.8 Å². The van der Waals surface area contributed by atoms with Crippen LogP contribution < -0.4 is 0 Å². The van der Waals surface area contributed by atoms with Crippen LogP contribution in [0.15, 0.2) is 84.0 Å². The Labute approximate surface area is 208 Å². The maximum absolute atomic E-state index is 13.3. The van der Waals surface area contributed by atoms with E-state index in [1.165, 1.54) is 48.6 Å². The number of allylic oxidation sites excluding steroid dienone is 4. The summed E-state index contributed by atoms with van der Waals surface area (Å²) in [5.74, 6) is -3.69. The van der Waals surface area contributed by atoms with Gasteiger partial charge in [-0.25, -0.2) is 0 Å². The van der Waals surface area contributed by atoms with Crippen molar-refractivity contribution < 1.29 is 34.8 Å². The van der Waals surface area contributed by atoms with Crippen LogP contribution >= 0.6 is 0 Å². The molecule has 2 atom stereocenters. The van der Waals surface area contributed by atoms with E-state index < -0.39 is 40.1 Å². The highest BCUT2D eigenvalue weighted by atomic mass is 16.3. The standard InChI is InChI=1S/C29H26O7/c1-17-9-13-28(35,14-10-17)26(33)21-7-3-5-19(24(21)31)23(30)20-6-4-8-22(25(20)32)27(34)29(36)15-11-18(2)12-16-29/h3-13,15,31-32,35-36H,14,16H2,1-2H3. The largest absolute Gasteiger partial charge is 0.506 e. The number of ketones is 3. The zero-order valence-corrected chi connectivity index (χ0v) is 19.9. The Morgan fingerprint density at radius 2 is 1.03 bits per heavy atom. The van der Waals surface area contributed by atoms with Crippen LogP contribution in [0.25, 0.3) is 0 Å². The SMILES string of the molecule is CC1=CCC(O)(C(=O)c2cccc(C(=O)c3cccc(C(=O)C4(O)C=CC(C)=CC4)c3O)c2O)C=C1. The summed E-state index contributed by atoms with van der Waals surface area (Å²) >= 11 is 0. The highest BCUT2D eigenvalue weighted by Crippen LogP contribution is 2.35. The Balaban J connectivity index is 1.69. The van der Waals surface area contributed by atoms with Gasteiger partial charge in [-0.3, -0.25) is 14.4 Å². The lowest BCUT2D eigenvalue weighted by Gasteiger charge is -2.25. The third-order valence-electron chi connectivity index (χ3n) is 6.55. The number of aromatic hydroxyl groups is 2. The van der Waals surface area contributed by atoms with E-state index in [-0.39, 0.29) is 35.1 Å². The fourth-order valence-corrected chi connectivity index (χ4v) is 4.21. The lowest BCUT2D eigenvalue weighted by Crippen LogP contribution is -2.37. The van der Waals surface area contributed by atoms with E-state index in [4.69, 9.17) is 0 Å². The van der Waals surface area contributed by atoms with Gasteiger partial charge in [0.05, 0.1) is 22.3 Å². The van der Waals surface area contributed by atoms with E-state index in [2.05, 4.69) is 0 Å². The minimum absolute atomic E-state index is 0.0167. The molecular formula is C29H26O7. The molecule has 0 aliphatic heterocycles. The number of carbonyl (C=O) groups is 3. The van der Waals surface area contributed by atoms with E-state index in [0.717, 1.165) is 11.1 Å². The molecule has 0 heterocycles. The highest BCUT2D eigenvalue weighted by Gasteiger charge is 2.38. The Morgan fingerprint density at radius 1 is 0.667 bits per heavy atom. The predicted octanol–water partition coefficient (Wildman–Crippen LogP) is 3.97. The van der Waals surface area contributed by atoms with Crippen LogP contribution in [0.1, 0.15) is 63.3 Å². The molecule has 0 bridgehead atoms. The van der Waals surface area contributed by atoms with Gasteiger partial charge in [0.25, 0.3) is 0 Å². The molecule has 2 aromatic rings. The monoisotopic (exact) mass is 486 g/mol. The lowest BCUT2D eigenvalue weighted by atomic mass is 9.83. The fourth-order valence-electron chi connectivity index (χ4n) is 4.21. The van der Waals surface area contributed by atoms with Crippen molar-refractivity contribution in [2.24, 2.45) is 0 Å². The second kappa shape index (κ2) is 9.18. The first-order valence-corrected chi connectivity index (χ1v) is 11.4. The van der Waals surface area contributed by atoms with Gasteiger partial charge in [0.2, 0.25) is 17.3 Å². The summed E-state index contributed by atoms with van der Waals surface area (Å²) in [7, 11) is 0. The Bertz CT molecular complexity index is 1300. The van der Waals surface area contributed by atoms with Crippen molar-refractivity contribution in [3.63, 3.8) is 0 Å². The van der Waals surface area contributed by atoms with Crippen LogP contribution in [0.5, 0.6) is 11.5 Å². The van der Waals surface area contributed by atoms with Crippen molar-refractivity contribution in [2.45, 2.75) is 37.9 Å². The van der Waals surface area contributed by atoms with Crippen molar-refractivity contribution in [1.82, 2.24) is 0 Å². The molecule has 184 valence electrons. The van der Waals surface area contributed by atoms with Crippen LogP contribution in [-0.4, -0.2) is 49.0 Å². The van der Waals surface area contributed by atoms with Gasteiger partial charge < -0.3 is 20.4 Å². The molecule has 36 heavy (non-hydrogen) atoms. The predicted molar refractivity (Wildman–Crippen MR) is 133 cm³/mol. The summed E-state index contributed by atoms with van der Waals surface area (Å²) in [6, 6.07) is 7.91. The Morgan fingerprint density at radius 3 is 1.36 bits per heavy atom. The van der Waals surface area contributed by atoms with Gasteiger partial charge in [0.15, 0.2) is 0 Å². The highest BCUT2D eigenvalue weighted by molar-refractivity contribution is 6.17. The first-order valence-electron chi connectivity index (χ1n) is 11.4. The van der Waals surface area contributed by atoms with Gasteiger partial charge in [-0.2, -0.15) is 0 Å². The van der Waals surface area contributed by atoms with Gasteiger partial charge in [0.1, 0.15) is 22.7 Å². The van der Waals surface area contributed by atoms with Gasteiger partial charge >= 0.3 is 0 Å². The Hall–Kier alpha value is -4.07. The van der Waals surface area contributed by atoms with Crippen molar-refractivity contribution >= 4 is 17.3 Å². The number of Topliss-reactive ketones (excluding diaryl/α,β-unsaturated/α-hetero) is 2. The molecule has 2 unspecified atom stereocenters. The number of benzene rings is 2. The quantitative estimate of drug-likeness (QED) is 0.454. The molecule has 4 N–H and O–H groups in total. The normalized spacial score (nSPS) is 23.1. The fraction of sp³-hybridized carbons (Fsp3) is 0.207. The number of hydrogen-bond acceptors (Lipinski definition) is 7. The smallest absolute Gasteiger partial charge is 0.202 e. The van der Waals surface area contributed by atoms with E-state index in [1.807, 2.05) is 13.8 Å². The summed E-state index contributed by atoms with van der Waals surface area (Å²) in [6.07, 6.45) is 9.31. The Kier molecular flexibility index (Phi) is 6.39. The van der Waals surface area contributed by atoms with Crippen LogP contribution in [-0.2, 0) is 0 Å². The average molecular weight is 487 g/mol. The first-order chi connectivity index (χ1) is 17.0. The molecule has 2 aromatic carbocycles. The summed E-state index contributed by atoms with van der Waals surface area (Å²) < 4.78 is 0. The minimum atomic E-state index is -1.87. The molecule has 0 amide bonds. The second-order valence-corrected chi connectivity index (χ2v) is 9.21. The topological polar surface area (TPSA) is 132 Å². The molecule has 7 heteroatoms. The third kappa shape index (κ3) is 4.34. The molecule has 7 nitrogen and oxygen atoms in total. The molecule has 2 aliphatic carbocycles. The molecule has 0 saturated carbocycles. The van der Waals surface area contributed by atoms with Crippen LogP contribution in [0, 0.1) is 0 Å². The van der Waals surface area contributed by atoms with E-state index in [1.54, 1.807) is 24.3 Å². The number of aliphatic hydroxyl groups is 2. The first kappa shape index (κ1) is 25.0. The van der Waals surface area contributed by atoms with Gasteiger partial charge in [-0.1, -0.05) is 47.6 Å². The van der Waals surface area contributed by atoms with Crippen LogP contribution in [0.2, 0.25) is 0 Å². The zero-order valence-electron chi connectivity index (χ0n) is 19.9. The maximum Gasteiger partial charge on any atom is 0.202 e. The molecule has 0 radical (unpaired) electrons. The number of hydrogen-bond donors (Lipinski definition) is 4. The molecule has 0 saturated heterocycles. The van der Waals surface area contributed by atoms with Crippen molar-refractivity contribution in [3.8, 4) is 11.5 Å². The van der Waals surface area contributed by atoms with Crippen LogP contribution in [0.4, 0.5) is 0 Å². The van der Waals surface area contributed by atoms with Gasteiger partial charge in [-0.15, -0.1) is 0 Å². The maximum atomic E-state index is 13.3.